The van der Waals surface area contributed by atoms with Crippen LogP contribution in [-0.4, -0.2) is 34.2 Å². The minimum Gasteiger partial charge on any atom is -0.372 e. The fraction of sp³-hybridized carbons (Fsp3) is 0.211. The Labute approximate surface area is 166 Å². The summed E-state index contributed by atoms with van der Waals surface area (Å²) in [4.78, 5) is 2.30. The zero-order chi connectivity index (χ0) is 18.5. The van der Waals surface area contributed by atoms with Gasteiger partial charge in [-0.15, -0.1) is 0 Å². The van der Waals surface area contributed by atoms with Crippen LogP contribution in [0.2, 0.25) is 0 Å². The van der Waals surface area contributed by atoms with Crippen molar-refractivity contribution in [1.82, 2.24) is 14.9 Å². The van der Waals surface area contributed by atoms with Crippen LogP contribution in [0.1, 0.15) is 19.4 Å². The molecule has 0 saturated heterocycles. The number of hydrogen-bond donors (Lipinski definition) is 1. The molecule has 0 fully saturated rings. The van der Waals surface area contributed by atoms with Crippen LogP contribution in [0.25, 0.3) is 11.4 Å². The van der Waals surface area contributed by atoms with Gasteiger partial charge in [0.25, 0.3) is 0 Å². The Morgan fingerprint density at radius 2 is 1.77 bits per heavy atom. The van der Waals surface area contributed by atoms with Gasteiger partial charge in [0.2, 0.25) is 4.77 Å². The highest BCUT2D eigenvalue weighted by atomic mass is 79.9. The summed E-state index contributed by atoms with van der Waals surface area (Å²) in [6.07, 6.45) is 1.77. The van der Waals surface area contributed by atoms with Crippen LogP contribution in [0.3, 0.4) is 0 Å². The molecule has 0 bridgehead atoms. The molecule has 0 aliphatic heterocycles. The third kappa shape index (κ3) is 4.11. The molecule has 0 spiro atoms. The van der Waals surface area contributed by atoms with E-state index >= 15 is 0 Å². The van der Waals surface area contributed by atoms with Gasteiger partial charge in [0.05, 0.1) is 6.21 Å². The predicted molar refractivity (Wildman–Crippen MR) is 114 cm³/mol. The summed E-state index contributed by atoms with van der Waals surface area (Å²) >= 11 is 8.76. The van der Waals surface area contributed by atoms with Crippen molar-refractivity contribution in [2.75, 3.05) is 18.0 Å². The topological polar surface area (TPSA) is 49.2 Å². The lowest BCUT2D eigenvalue weighted by Gasteiger charge is -2.20. The molecule has 7 heteroatoms. The lowest BCUT2D eigenvalue weighted by atomic mass is 10.2. The number of hydrogen-bond acceptors (Lipinski definition) is 4. The summed E-state index contributed by atoms with van der Waals surface area (Å²) < 4.78 is 3.13. The van der Waals surface area contributed by atoms with E-state index in [1.54, 1.807) is 10.9 Å². The highest BCUT2D eigenvalue weighted by Gasteiger charge is 2.09. The monoisotopic (exact) mass is 429 g/mol. The molecule has 26 heavy (non-hydrogen) atoms. The molecule has 0 amide bonds. The number of nitrogens with zero attached hydrogens (tertiary/aromatic N) is 4. The maximum Gasteiger partial charge on any atom is 0.216 e. The Kier molecular flexibility index (Phi) is 6.00. The van der Waals surface area contributed by atoms with Gasteiger partial charge in [-0.05, 0) is 68.0 Å². The predicted octanol–water partition coefficient (Wildman–Crippen LogP) is 5.10. The Hall–Kier alpha value is -2.25. The average molecular weight is 430 g/mol. The molecular formula is C19H20BrN5S. The highest BCUT2D eigenvalue weighted by molar-refractivity contribution is 9.10. The quantitative estimate of drug-likeness (QED) is 0.437. The standard InChI is InChI=1S/C19H20BrN5S/c1-3-24(4-2)17-11-7-15(8-12-17)18-22-23-19(26)25(18)21-13-14-5-9-16(20)10-6-14/h5-13H,3-4H2,1-2H3,(H,23,26). The Balaban J connectivity index is 1.90. The second-order valence-electron chi connectivity index (χ2n) is 5.68. The number of aromatic amines is 1. The van der Waals surface area contributed by atoms with Gasteiger partial charge in [-0.25, -0.2) is 5.10 Å². The first-order chi connectivity index (χ1) is 12.6. The molecule has 2 aromatic carbocycles. The van der Waals surface area contributed by atoms with Crippen molar-refractivity contribution in [3.63, 3.8) is 0 Å². The number of halogens is 1. The van der Waals surface area contributed by atoms with Gasteiger partial charge in [0.15, 0.2) is 5.82 Å². The molecule has 5 nitrogen and oxygen atoms in total. The number of anilines is 1. The van der Waals surface area contributed by atoms with Crippen molar-refractivity contribution in [3.05, 3.63) is 63.3 Å². The van der Waals surface area contributed by atoms with Crippen molar-refractivity contribution >= 4 is 40.0 Å². The third-order valence-corrected chi connectivity index (χ3v) is 4.89. The van der Waals surface area contributed by atoms with Gasteiger partial charge in [-0.3, -0.25) is 0 Å². The largest absolute Gasteiger partial charge is 0.372 e. The Morgan fingerprint density at radius 3 is 2.38 bits per heavy atom. The maximum absolute atomic E-state index is 5.33. The summed E-state index contributed by atoms with van der Waals surface area (Å²) in [5.41, 5.74) is 3.14. The molecule has 0 aliphatic rings. The van der Waals surface area contributed by atoms with Crippen LogP contribution in [0, 0.1) is 4.77 Å². The molecule has 3 rings (SSSR count). The van der Waals surface area contributed by atoms with E-state index in [9.17, 15) is 0 Å². The van der Waals surface area contributed by atoms with E-state index in [-0.39, 0.29) is 0 Å². The minimum atomic E-state index is 0.459. The molecule has 134 valence electrons. The molecule has 1 heterocycles. The average Bonchev–Trinajstić information content (AvgIpc) is 3.03. The fourth-order valence-electron chi connectivity index (χ4n) is 2.67. The number of benzene rings is 2. The normalized spacial score (nSPS) is 11.2. The van der Waals surface area contributed by atoms with Crippen molar-refractivity contribution in [2.24, 2.45) is 5.10 Å². The molecule has 3 aromatic rings. The first-order valence-corrected chi connectivity index (χ1v) is 9.65. The van der Waals surface area contributed by atoms with E-state index in [2.05, 4.69) is 62.1 Å². The van der Waals surface area contributed by atoms with Gasteiger partial charge in [0.1, 0.15) is 0 Å². The lowest BCUT2D eigenvalue weighted by molar-refractivity contribution is 0.864. The minimum absolute atomic E-state index is 0.459. The zero-order valence-corrected chi connectivity index (χ0v) is 17.1. The van der Waals surface area contributed by atoms with Crippen molar-refractivity contribution < 1.29 is 0 Å². The molecular weight excluding hydrogens is 410 g/mol. The summed E-state index contributed by atoms with van der Waals surface area (Å²) in [5.74, 6) is 0.689. The SMILES string of the molecule is CCN(CC)c1ccc(-c2n[nH]c(=S)n2N=Cc2ccc(Br)cc2)cc1. The van der Waals surface area contributed by atoms with Gasteiger partial charge in [-0.1, -0.05) is 28.1 Å². The number of nitrogens with one attached hydrogen (secondary N) is 1. The Morgan fingerprint density at radius 1 is 1.12 bits per heavy atom. The molecule has 0 aliphatic carbocycles. The second-order valence-corrected chi connectivity index (χ2v) is 6.98. The van der Waals surface area contributed by atoms with Gasteiger partial charge in [0, 0.05) is 28.8 Å². The van der Waals surface area contributed by atoms with Gasteiger partial charge in [-0.2, -0.15) is 14.9 Å². The lowest BCUT2D eigenvalue weighted by Crippen LogP contribution is -2.21. The summed E-state index contributed by atoms with van der Waals surface area (Å²) in [5, 5.41) is 11.7. The molecule has 1 aromatic heterocycles. The molecule has 0 unspecified atom stereocenters. The van der Waals surface area contributed by atoms with E-state index in [1.165, 1.54) is 5.69 Å². The maximum atomic E-state index is 5.33. The Bertz CT molecular complexity index is 937. The first kappa shape index (κ1) is 18.5. The third-order valence-electron chi connectivity index (χ3n) is 4.10. The van der Waals surface area contributed by atoms with Crippen LogP contribution >= 0.6 is 28.1 Å². The van der Waals surface area contributed by atoms with Crippen molar-refractivity contribution in [3.8, 4) is 11.4 Å². The van der Waals surface area contributed by atoms with E-state index < -0.39 is 0 Å². The van der Waals surface area contributed by atoms with Crippen molar-refractivity contribution in [2.45, 2.75) is 13.8 Å². The van der Waals surface area contributed by atoms with E-state index in [4.69, 9.17) is 12.2 Å². The molecule has 0 radical (unpaired) electrons. The molecule has 1 N–H and O–H groups in total. The summed E-state index contributed by atoms with van der Waals surface area (Å²) in [6.45, 7) is 6.26. The van der Waals surface area contributed by atoms with Gasteiger partial charge >= 0.3 is 0 Å². The second kappa shape index (κ2) is 8.42. The highest BCUT2D eigenvalue weighted by Crippen LogP contribution is 2.22. The molecule has 0 atom stereocenters. The van der Waals surface area contributed by atoms with Crippen LogP contribution in [0.5, 0.6) is 0 Å². The number of rotatable bonds is 6. The summed E-state index contributed by atoms with van der Waals surface area (Å²) in [7, 11) is 0. The number of H-pyrrole nitrogens is 1. The van der Waals surface area contributed by atoms with Crippen LogP contribution in [0.15, 0.2) is 58.1 Å². The van der Waals surface area contributed by atoms with Crippen LogP contribution in [0.4, 0.5) is 5.69 Å². The zero-order valence-electron chi connectivity index (χ0n) is 14.7. The fourth-order valence-corrected chi connectivity index (χ4v) is 3.11. The first-order valence-electron chi connectivity index (χ1n) is 8.45. The van der Waals surface area contributed by atoms with E-state index in [1.807, 2.05) is 36.4 Å². The smallest absolute Gasteiger partial charge is 0.216 e. The van der Waals surface area contributed by atoms with E-state index in [0.717, 1.165) is 28.7 Å². The van der Waals surface area contributed by atoms with Crippen LogP contribution in [-0.2, 0) is 0 Å². The van der Waals surface area contributed by atoms with Gasteiger partial charge < -0.3 is 4.90 Å². The molecule has 0 saturated carbocycles. The number of aromatic nitrogens is 3. The van der Waals surface area contributed by atoms with Crippen LogP contribution < -0.4 is 4.90 Å². The van der Waals surface area contributed by atoms with Crippen molar-refractivity contribution in [1.29, 1.82) is 0 Å². The van der Waals surface area contributed by atoms with E-state index in [0.29, 0.717) is 10.6 Å². The summed E-state index contributed by atoms with van der Waals surface area (Å²) in [6, 6.07) is 16.2.